The number of ether oxygens (including phenoxy) is 5. The lowest BCUT2D eigenvalue weighted by molar-refractivity contribution is -0.322. The average molecular weight is 650 g/mol. The van der Waals surface area contributed by atoms with Crippen LogP contribution in [-0.4, -0.2) is 54.7 Å². The Hall–Kier alpha value is -4.52. The molecular weight excluding hydrogens is 610 g/mol. The third-order valence-electron chi connectivity index (χ3n) is 10.2. The van der Waals surface area contributed by atoms with E-state index in [4.69, 9.17) is 23.7 Å². The molecule has 3 aromatic rings. The Balaban J connectivity index is 1.15. The Morgan fingerprint density at radius 1 is 0.750 bits per heavy atom. The maximum atomic E-state index is 13.5. The maximum absolute atomic E-state index is 13.5. The van der Waals surface area contributed by atoms with Gasteiger partial charge in [-0.25, -0.2) is 9.59 Å². The number of benzene rings is 3. The Morgan fingerprint density at radius 3 is 1.92 bits per heavy atom. The summed E-state index contributed by atoms with van der Waals surface area (Å²) in [6.45, 7) is -0.132. The number of hydrogen-bond acceptors (Lipinski definition) is 9. The predicted molar refractivity (Wildman–Crippen MR) is 172 cm³/mol. The summed E-state index contributed by atoms with van der Waals surface area (Å²) >= 11 is 0. The van der Waals surface area contributed by atoms with Gasteiger partial charge in [0.05, 0.1) is 40.9 Å². The second-order valence-corrected chi connectivity index (χ2v) is 13.8. The molecule has 0 unspecified atom stereocenters. The van der Waals surface area contributed by atoms with Gasteiger partial charge in [0.1, 0.15) is 12.7 Å². The van der Waals surface area contributed by atoms with Crippen molar-refractivity contribution in [2.75, 3.05) is 6.61 Å². The molecule has 5 aliphatic rings. The smallest absolute Gasteiger partial charge is 0.338 e. The van der Waals surface area contributed by atoms with E-state index in [-0.39, 0.29) is 19.4 Å². The van der Waals surface area contributed by atoms with Gasteiger partial charge in [0.15, 0.2) is 12.4 Å². The fourth-order valence-electron chi connectivity index (χ4n) is 8.48. The van der Waals surface area contributed by atoms with E-state index in [1.165, 1.54) is 19.3 Å². The quantitative estimate of drug-likeness (QED) is 0.187. The zero-order valence-corrected chi connectivity index (χ0v) is 26.7. The standard InChI is InChI=1S/C39H39NO8/c40-23-31-14-8-7-13-30(31)18-34(41)44-24-32-19-33(46-36(42)28-9-3-1-4-10-28)35(47-37(43)29-11-5-2-6-12-29)38(45-32)48-39-20-25-15-26(21-39)17-27(16-25)22-39/h1-14,25-27,32-33,35,38H,15-22,24H2/t25?,26?,27?,32-,33-,35+,38-,39?/m0/s1. The van der Waals surface area contributed by atoms with Crippen molar-refractivity contribution in [1.82, 2.24) is 0 Å². The van der Waals surface area contributed by atoms with E-state index in [9.17, 15) is 19.6 Å². The Kier molecular flexibility index (Phi) is 9.29. The highest BCUT2D eigenvalue weighted by Crippen LogP contribution is 2.57. The van der Waals surface area contributed by atoms with Crippen molar-refractivity contribution < 1.29 is 38.1 Å². The monoisotopic (exact) mass is 649 g/mol. The van der Waals surface area contributed by atoms with Gasteiger partial charge in [-0.1, -0.05) is 54.6 Å². The summed E-state index contributed by atoms with van der Waals surface area (Å²) in [6.07, 6.45) is 2.62. The summed E-state index contributed by atoms with van der Waals surface area (Å²) in [7, 11) is 0. The minimum Gasteiger partial charge on any atom is -0.463 e. The molecule has 4 saturated carbocycles. The normalized spacial score (nSPS) is 30.2. The van der Waals surface area contributed by atoms with Crippen molar-refractivity contribution in [3.8, 4) is 6.07 Å². The van der Waals surface area contributed by atoms with Crippen molar-refractivity contribution in [3.63, 3.8) is 0 Å². The van der Waals surface area contributed by atoms with Crippen molar-refractivity contribution in [3.05, 3.63) is 107 Å². The molecule has 4 aliphatic carbocycles. The molecule has 9 nitrogen and oxygen atoms in total. The molecule has 1 aliphatic heterocycles. The SMILES string of the molecule is N#Cc1ccccc1CC(=O)OC[C@@H]1C[C@H](OC(=O)c2ccccc2)[C@@H](OC(=O)c2ccccc2)[C@H](OC23CC4CC(CC(C4)C2)C3)O1. The maximum Gasteiger partial charge on any atom is 0.338 e. The molecule has 3 aromatic carbocycles. The van der Waals surface area contributed by atoms with E-state index in [2.05, 4.69) is 6.07 Å². The predicted octanol–water partition coefficient (Wildman–Crippen LogP) is 6.20. The fourth-order valence-corrected chi connectivity index (χ4v) is 8.48. The van der Waals surface area contributed by atoms with Gasteiger partial charge in [0, 0.05) is 6.42 Å². The van der Waals surface area contributed by atoms with Crippen molar-refractivity contribution in [2.45, 2.75) is 81.6 Å². The molecule has 0 radical (unpaired) electrons. The zero-order valence-electron chi connectivity index (χ0n) is 26.7. The van der Waals surface area contributed by atoms with E-state index < -0.39 is 48.1 Å². The van der Waals surface area contributed by atoms with Crippen LogP contribution in [0.15, 0.2) is 84.9 Å². The first-order valence-electron chi connectivity index (χ1n) is 16.9. The van der Waals surface area contributed by atoms with Crippen molar-refractivity contribution >= 4 is 17.9 Å². The van der Waals surface area contributed by atoms with Crippen LogP contribution in [0.1, 0.15) is 76.8 Å². The highest BCUT2D eigenvalue weighted by atomic mass is 16.7. The van der Waals surface area contributed by atoms with E-state index in [1.54, 1.807) is 72.8 Å². The number of nitriles is 1. The molecule has 1 saturated heterocycles. The summed E-state index contributed by atoms with van der Waals surface area (Å²) in [6, 6.07) is 26.3. The van der Waals surface area contributed by atoms with E-state index in [1.807, 2.05) is 12.1 Å². The van der Waals surface area contributed by atoms with Gasteiger partial charge in [-0.3, -0.25) is 4.79 Å². The van der Waals surface area contributed by atoms with Gasteiger partial charge < -0.3 is 23.7 Å². The summed E-state index contributed by atoms with van der Waals surface area (Å²) in [5, 5.41) is 9.44. The molecule has 9 heteroatoms. The second-order valence-electron chi connectivity index (χ2n) is 13.8. The minimum absolute atomic E-state index is 0.0760. The summed E-state index contributed by atoms with van der Waals surface area (Å²) in [4.78, 5) is 39.8. The van der Waals surface area contributed by atoms with Crippen LogP contribution in [0.5, 0.6) is 0 Å². The topological polar surface area (TPSA) is 121 Å². The summed E-state index contributed by atoms with van der Waals surface area (Å²) in [5.41, 5.74) is 1.26. The van der Waals surface area contributed by atoms with Gasteiger partial charge in [-0.05, 0) is 92.2 Å². The van der Waals surface area contributed by atoms with Gasteiger partial charge in [-0.2, -0.15) is 5.26 Å². The molecule has 5 fully saturated rings. The van der Waals surface area contributed by atoms with Crippen LogP contribution < -0.4 is 0 Å². The molecule has 0 amide bonds. The van der Waals surface area contributed by atoms with Crippen molar-refractivity contribution in [2.24, 2.45) is 17.8 Å². The highest BCUT2D eigenvalue weighted by molar-refractivity contribution is 5.90. The molecule has 8 rings (SSSR count). The number of carbonyl (C=O) groups excluding carboxylic acids is 3. The van der Waals surface area contributed by atoms with Crippen molar-refractivity contribution in [1.29, 1.82) is 5.26 Å². The van der Waals surface area contributed by atoms with Crippen LogP contribution in [0, 0.1) is 29.1 Å². The van der Waals surface area contributed by atoms with Crippen LogP contribution in [-0.2, 0) is 34.9 Å². The third-order valence-corrected chi connectivity index (χ3v) is 10.2. The zero-order chi connectivity index (χ0) is 33.1. The number of rotatable bonds is 10. The van der Waals surface area contributed by atoms with Crippen LogP contribution in [0.2, 0.25) is 0 Å². The molecule has 0 aromatic heterocycles. The largest absolute Gasteiger partial charge is 0.463 e. The van der Waals surface area contributed by atoms with E-state index in [0.29, 0.717) is 40.0 Å². The van der Waals surface area contributed by atoms with Crippen LogP contribution >= 0.6 is 0 Å². The molecule has 48 heavy (non-hydrogen) atoms. The van der Waals surface area contributed by atoms with Crippen LogP contribution in [0.3, 0.4) is 0 Å². The first-order valence-corrected chi connectivity index (χ1v) is 16.9. The van der Waals surface area contributed by atoms with Gasteiger partial charge >= 0.3 is 17.9 Å². The highest BCUT2D eigenvalue weighted by Gasteiger charge is 2.55. The first-order chi connectivity index (χ1) is 23.4. The van der Waals surface area contributed by atoms with Crippen LogP contribution in [0.4, 0.5) is 0 Å². The Labute approximate surface area is 280 Å². The van der Waals surface area contributed by atoms with E-state index in [0.717, 1.165) is 19.3 Å². The fraction of sp³-hybridized carbons (Fsp3) is 0.436. The summed E-state index contributed by atoms with van der Waals surface area (Å²) < 4.78 is 31.4. The van der Waals surface area contributed by atoms with Gasteiger partial charge in [0.2, 0.25) is 0 Å². The first kappa shape index (κ1) is 32.0. The number of esters is 3. The molecule has 0 spiro atoms. The molecule has 1 heterocycles. The molecule has 4 atom stereocenters. The number of carbonyl (C=O) groups is 3. The Bertz CT molecular complexity index is 1630. The lowest BCUT2D eigenvalue weighted by Gasteiger charge is -2.57. The van der Waals surface area contributed by atoms with Gasteiger partial charge in [-0.15, -0.1) is 0 Å². The minimum atomic E-state index is -1.06. The molecular formula is C39H39NO8. The second kappa shape index (κ2) is 13.9. The summed E-state index contributed by atoms with van der Waals surface area (Å²) in [5.74, 6) is 0.0980. The molecule has 0 N–H and O–H groups in total. The molecule has 4 bridgehead atoms. The van der Waals surface area contributed by atoms with E-state index >= 15 is 0 Å². The number of hydrogen-bond donors (Lipinski definition) is 0. The number of nitrogens with zero attached hydrogens (tertiary/aromatic N) is 1. The van der Waals surface area contributed by atoms with Crippen LogP contribution in [0.25, 0.3) is 0 Å². The van der Waals surface area contributed by atoms with Gasteiger partial charge in [0.25, 0.3) is 0 Å². The lowest BCUT2D eigenvalue weighted by atomic mass is 9.54. The lowest BCUT2D eigenvalue weighted by Crippen LogP contribution is -2.60. The Morgan fingerprint density at radius 2 is 1.31 bits per heavy atom. The third kappa shape index (κ3) is 7.15. The average Bonchev–Trinajstić information content (AvgIpc) is 3.09. The molecule has 248 valence electrons.